The number of amides is 2. The maximum Gasteiger partial charge on any atom is 0.435 e. The van der Waals surface area contributed by atoms with Gasteiger partial charge in [0.05, 0.1) is 12.1 Å². The molecule has 10 heteroatoms. The Morgan fingerprint density at radius 1 is 1.43 bits per heavy atom. The molecule has 1 aliphatic rings. The van der Waals surface area contributed by atoms with E-state index in [9.17, 15) is 27.9 Å². The van der Waals surface area contributed by atoms with Gasteiger partial charge >= 0.3 is 6.18 Å². The number of hydrogen-bond acceptors (Lipinski definition) is 4. The molecule has 0 aromatic carbocycles. The van der Waals surface area contributed by atoms with Gasteiger partial charge in [0, 0.05) is 33.1 Å². The highest BCUT2D eigenvalue weighted by Crippen LogP contribution is 2.28. The highest BCUT2D eigenvalue weighted by atomic mass is 19.4. The van der Waals surface area contributed by atoms with Gasteiger partial charge in [0.1, 0.15) is 5.69 Å². The number of piperidine rings is 1. The van der Waals surface area contributed by atoms with Crippen LogP contribution in [0.4, 0.5) is 13.2 Å². The number of carbonyl (C=O) groups is 2. The third-order valence-electron chi connectivity index (χ3n) is 3.75. The lowest BCUT2D eigenvalue weighted by molar-refractivity contribution is -0.141. The molecule has 0 saturated carbocycles. The fraction of sp³-hybridized carbons (Fsp3) is 0.615. The molecule has 128 valence electrons. The fourth-order valence-electron chi connectivity index (χ4n) is 2.45. The van der Waals surface area contributed by atoms with E-state index < -0.39 is 29.9 Å². The van der Waals surface area contributed by atoms with Crippen molar-refractivity contribution in [2.24, 2.45) is 7.05 Å². The van der Waals surface area contributed by atoms with E-state index >= 15 is 0 Å². The van der Waals surface area contributed by atoms with Gasteiger partial charge in [0.2, 0.25) is 5.91 Å². The van der Waals surface area contributed by atoms with E-state index in [0.29, 0.717) is 19.0 Å². The van der Waals surface area contributed by atoms with Crippen LogP contribution in [-0.2, 0) is 18.0 Å². The molecule has 1 aliphatic heterocycles. The number of hydrogen-bond donors (Lipinski definition) is 2. The number of alkyl halides is 3. The summed E-state index contributed by atoms with van der Waals surface area (Å²) in [7, 11) is 1.24. The van der Waals surface area contributed by atoms with Crippen molar-refractivity contribution in [3.05, 3.63) is 17.5 Å². The number of β-amino-alcohol motifs (C(OH)–C–C–N with tert-alkyl or cyclic N) is 1. The summed E-state index contributed by atoms with van der Waals surface area (Å²) < 4.78 is 38.6. The predicted octanol–water partition coefficient (Wildman–Crippen LogP) is 0.150. The second-order valence-electron chi connectivity index (χ2n) is 5.44. The topological polar surface area (TPSA) is 87.5 Å². The maximum absolute atomic E-state index is 12.6. The molecule has 2 atom stereocenters. The molecule has 2 amide bonds. The van der Waals surface area contributed by atoms with E-state index in [1.165, 1.54) is 18.9 Å². The summed E-state index contributed by atoms with van der Waals surface area (Å²) in [5.74, 6) is -0.939. The van der Waals surface area contributed by atoms with Crippen molar-refractivity contribution < 1.29 is 27.9 Å². The lowest BCUT2D eigenvalue weighted by Crippen LogP contribution is -2.55. The number of nitrogens with one attached hydrogen (secondary N) is 1. The van der Waals surface area contributed by atoms with Gasteiger partial charge in [0.25, 0.3) is 5.91 Å². The van der Waals surface area contributed by atoms with Crippen molar-refractivity contribution in [2.45, 2.75) is 31.7 Å². The molecule has 0 unspecified atom stereocenters. The normalized spacial score (nSPS) is 22.1. The molecule has 7 nitrogen and oxygen atoms in total. The molecule has 1 saturated heterocycles. The van der Waals surface area contributed by atoms with E-state index in [4.69, 9.17) is 0 Å². The lowest BCUT2D eigenvalue weighted by atomic mass is 10.0. The van der Waals surface area contributed by atoms with Gasteiger partial charge in [-0.1, -0.05) is 0 Å². The zero-order chi connectivity index (χ0) is 17.4. The number of likely N-dealkylation sites (tertiary alicyclic amines) is 1. The summed E-state index contributed by atoms with van der Waals surface area (Å²) in [6.45, 7) is 1.80. The Hall–Kier alpha value is -2.10. The Morgan fingerprint density at radius 2 is 2.09 bits per heavy atom. The maximum atomic E-state index is 12.6. The van der Waals surface area contributed by atoms with Gasteiger partial charge < -0.3 is 15.3 Å². The summed E-state index contributed by atoms with van der Waals surface area (Å²) in [4.78, 5) is 24.8. The van der Waals surface area contributed by atoms with Crippen molar-refractivity contribution in [1.29, 1.82) is 0 Å². The van der Waals surface area contributed by atoms with Gasteiger partial charge in [-0.05, 0) is 6.42 Å². The number of rotatable bonds is 2. The summed E-state index contributed by atoms with van der Waals surface area (Å²) in [5, 5.41) is 15.7. The second-order valence-corrected chi connectivity index (χ2v) is 5.44. The first-order valence-electron chi connectivity index (χ1n) is 6.95. The standard InChI is InChI=1S/C13H17F3N4O3/c1-7(21)20-4-3-8(10(22)6-20)17-12(23)9-5-11(13(14,15)16)18-19(9)2/h5,8,10,22H,3-4,6H2,1-2H3,(H,17,23)/t8-,10-/m1/s1. The minimum atomic E-state index is -4.64. The smallest absolute Gasteiger partial charge is 0.389 e. The quantitative estimate of drug-likeness (QED) is 0.806. The molecule has 1 aromatic rings. The number of carbonyl (C=O) groups excluding carboxylic acids is 2. The molecular weight excluding hydrogens is 317 g/mol. The van der Waals surface area contributed by atoms with Gasteiger partial charge in [-0.3, -0.25) is 14.3 Å². The van der Waals surface area contributed by atoms with Crippen LogP contribution in [0.1, 0.15) is 29.5 Å². The van der Waals surface area contributed by atoms with Crippen molar-refractivity contribution in [3.8, 4) is 0 Å². The molecule has 23 heavy (non-hydrogen) atoms. The van der Waals surface area contributed by atoms with E-state index in [2.05, 4.69) is 10.4 Å². The zero-order valence-corrected chi connectivity index (χ0v) is 12.6. The van der Waals surface area contributed by atoms with Crippen LogP contribution in [0.15, 0.2) is 6.07 Å². The molecular formula is C13H17F3N4O3. The van der Waals surface area contributed by atoms with E-state index in [1.807, 2.05) is 0 Å². The second kappa shape index (κ2) is 6.19. The lowest BCUT2D eigenvalue weighted by Gasteiger charge is -2.35. The number of nitrogens with zero attached hydrogens (tertiary/aromatic N) is 3. The van der Waals surface area contributed by atoms with Crippen LogP contribution in [-0.4, -0.2) is 56.8 Å². The molecule has 0 spiro atoms. The van der Waals surface area contributed by atoms with Gasteiger partial charge in [0.15, 0.2) is 5.69 Å². The molecule has 0 radical (unpaired) electrons. The Labute approximate surface area is 130 Å². The molecule has 2 rings (SSSR count). The first-order valence-corrected chi connectivity index (χ1v) is 6.95. The molecule has 2 N–H and O–H groups in total. The number of aliphatic hydroxyl groups excluding tert-OH is 1. The van der Waals surface area contributed by atoms with Gasteiger partial charge in [-0.2, -0.15) is 18.3 Å². The third-order valence-corrected chi connectivity index (χ3v) is 3.75. The molecule has 1 aromatic heterocycles. The minimum absolute atomic E-state index is 0.0689. The van der Waals surface area contributed by atoms with Crippen molar-refractivity contribution in [1.82, 2.24) is 20.0 Å². The molecule has 1 fully saturated rings. The largest absolute Gasteiger partial charge is 0.435 e. The van der Waals surface area contributed by atoms with Crippen molar-refractivity contribution in [3.63, 3.8) is 0 Å². The van der Waals surface area contributed by atoms with Crippen molar-refractivity contribution in [2.75, 3.05) is 13.1 Å². The average Bonchev–Trinajstić information content (AvgIpc) is 2.83. The first kappa shape index (κ1) is 17.3. The van der Waals surface area contributed by atoms with E-state index in [0.717, 1.165) is 4.68 Å². The number of aromatic nitrogens is 2. The average molecular weight is 334 g/mol. The van der Waals surface area contributed by atoms with Crippen LogP contribution < -0.4 is 5.32 Å². The summed E-state index contributed by atoms with van der Waals surface area (Å²) in [6.07, 6.45) is -5.30. The van der Waals surface area contributed by atoms with Crippen LogP contribution in [0.25, 0.3) is 0 Å². The zero-order valence-electron chi connectivity index (χ0n) is 12.6. The number of aryl methyl sites for hydroxylation is 1. The highest BCUT2D eigenvalue weighted by molar-refractivity contribution is 5.93. The summed E-state index contributed by atoms with van der Waals surface area (Å²) >= 11 is 0. The van der Waals surface area contributed by atoms with Crippen LogP contribution in [0.5, 0.6) is 0 Å². The van der Waals surface area contributed by atoms with E-state index in [1.54, 1.807) is 0 Å². The number of aliphatic hydroxyl groups is 1. The Balaban J connectivity index is 2.05. The predicted molar refractivity (Wildman–Crippen MR) is 72.3 cm³/mol. The monoisotopic (exact) mass is 334 g/mol. The van der Waals surface area contributed by atoms with Crippen LogP contribution in [0.2, 0.25) is 0 Å². The highest BCUT2D eigenvalue weighted by Gasteiger charge is 2.36. The Bertz CT molecular complexity index is 614. The minimum Gasteiger partial charge on any atom is -0.389 e. The summed E-state index contributed by atoms with van der Waals surface area (Å²) in [6, 6.07) is 0.0224. The van der Waals surface area contributed by atoms with Gasteiger partial charge in [-0.15, -0.1) is 0 Å². The Kier molecular flexibility index (Phi) is 4.64. The molecule has 0 bridgehead atoms. The molecule has 2 heterocycles. The van der Waals surface area contributed by atoms with Crippen LogP contribution >= 0.6 is 0 Å². The third kappa shape index (κ3) is 3.81. The van der Waals surface area contributed by atoms with Crippen LogP contribution in [0, 0.1) is 0 Å². The summed E-state index contributed by atoms with van der Waals surface area (Å²) in [5.41, 5.74) is -1.41. The van der Waals surface area contributed by atoms with Crippen molar-refractivity contribution >= 4 is 11.8 Å². The van der Waals surface area contributed by atoms with E-state index in [-0.39, 0.29) is 18.1 Å². The first-order chi connectivity index (χ1) is 10.6. The Morgan fingerprint density at radius 3 is 2.57 bits per heavy atom. The van der Waals surface area contributed by atoms with Crippen LogP contribution in [0.3, 0.4) is 0 Å². The fourth-order valence-corrected chi connectivity index (χ4v) is 2.45. The molecule has 0 aliphatic carbocycles. The van der Waals surface area contributed by atoms with Gasteiger partial charge in [-0.25, -0.2) is 0 Å². The number of halogens is 3. The SMILES string of the molecule is CC(=O)N1CC[C@@H](NC(=O)c2cc(C(F)(F)F)nn2C)[C@H](O)C1.